The van der Waals surface area contributed by atoms with Crippen LogP contribution in [0.4, 0.5) is 0 Å². The van der Waals surface area contributed by atoms with E-state index in [9.17, 15) is 4.79 Å². The van der Waals surface area contributed by atoms with Gasteiger partial charge in [-0.2, -0.15) is 4.98 Å². The lowest BCUT2D eigenvalue weighted by atomic mass is 9.81. The van der Waals surface area contributed by atoms with Crippen LogP contribution in [0.1, 0.15) is 40.1 Å². The lowest BCUT2D eigenvalue weighted by Gasteiger charge is -2.26. The molecule has 2 saturated heterocycles. The quantitative estimate of drug-likeness (QED) is 0.637. The average Bonchev–Trinajstić information content (AvgIpc) is 3.47. The number of benzene rings is 2. The van der Waals surface area contributed by atoms with Crippen LogP contribution in [0, 0.1) is 12.8 Å². The van der Waals surface area contributed by atoms with E-state index in [2.05, 4.69) is 46.2 Å². The molecule has 0 spiro atoms. The second-order valence-corrected chi connectivity index (χ2v) is 8.89. The van der Waals surface area contributed by atoms with Crippen LogP contribution in [0.2, 0.25) is 0 Å². The van der Waals surface area contributed by atoms with Crippen molar-refractivity contribution in [2.24, 2.45) is 5.92 Å². The van der Waals surface area contributed by atoms with Gasteiger partial charge in [0.05, 0.1) is 5.41 Å². The van der Waals surface area contributed by atoms with Crippen LogP contribution in [0.25, 0.3) is 0 Å². The van der Waals surface area contributed by atoms with Gasteiger partial charge >= 0.3 is 0 Å². The van der Waals surface area contributed by atoms with E-state index in [0.717, 1.165) is 31.6 Å². The maximum atomic E-state index is 13.1. The molecule has 160 valence electrons. The van der Waals surface area contributed by atoms with E-state index < -0.39 is 0 Å². The number of fused-ring (bicyclic) bond motifs is 1. The molecule has 0 aliphatic carbocycles. The summed E-state index contributed by atoms with van der Waals surface area (Å²) >= 11 is 0. The predicted octanol–water partition coefficient (Wildman–Crippen LogP) is 3.47. The first-order valence-corrected chi connectivity index (χ1v) is 11.0. The molecule has 2 atom stereocenters. The van der Waals surface area contributed by atoms with Crippen LogP contribution in [-0.4, -0.2) is 52.0 Å². The van der Waals surface area contributed by atoms with Crippen LogP contribution >= 0.6 is 0 Å². The lowest BCUT2D eigenvalue weighted by Crippen LogP contribution is -2.40. The zero-order valence-electron chi connectivity index (χ0n) is 18.1. The van der Waals surface area contributed by atoms with Gasteiger partial charge in [-0.3, -0.25) is 9.69 Å². The number of rotatable bonds is 5. The average molecular weight is 417 g/mol. The summed E-state index contributed by atoms with van der Waals surface area (Å²) < 4.78 is 5.69. The molecule has 2 aromatic carbocycles. The van der Waals surface area contributed by atoms with E-state index >= 15 is 0 Å². The molecule has 6 heteroatoms. The third-order valence-electron chi connectivity index (χ3n) is 6.78. The van der Waals surface area contributed by atoms with Crippen molar-refractivity contribution in [3.8, 4) is 0 Å². The number of amides is 1. The summed E-state index contributed by atoms with van der Waals surface area (Å²) in [5.41, 5.74) is 3.09. The number of nitrogens with zero attached hydrogens (tertiary/aromatic N) is 4. The van der Waals surface area contributed by atoms with E-state index in [1.54, 1.807) is 0 Å². The van der Waals surface area contributed by atoms with Gasteiger partial charge in [0.1, 0.15) is 0 Å². The van der Waals surface area contributed by atoms with Gasteiger partial charge in [0.15, 0.2) is 5.82 Å². The Morgan fingerprint density at radius 1 is 1.06 bits per heavy atom. The van der Waals surface area contributed by atoms with Crippen molar-refractivity contribution in [3.63, 3.8) is 0 Å². The number of carbonyl (C=O) groups is 1. The zero-order chi connectivity index (χ0) is 21.4. The number of hydrogen-bond donors (Lipinski definition) is 0. The number of carbonyl (C=O) groups excluding carboxylic acids is 1. The van der Waals surface area contributed by atoms with Crippen LogP contribution in [0.5, 0.6) is 0 Å². The van der Waals surface area contributed by atoms with Gasteiger partial charge in [-0.05, 0) is 36.6 Å². The van der Waals surface area contributed by atoms with Crippen molar-refractivity contribution in [1.29, 1.82) is 0 Å². The number of aryl methyl sites for hydroxylation is 2. The van der Waals surface area contributed by atoms with Crippen molar-refractivity contribution < 1.29 is 9.32 Å². The second kappa shape index (κ2) is 7.93. The number of likely N-dealkylation sites (tertiary alicyclic amines) is 2. The standard InChI is InChI=1S/C25H28N4O2/c1-3-19-9-11-20(12-10-19)13-28-14-22-15-29(23(30)21-7-5-4-6-8-21)17-25(22,16-28)24-26-18(2)27-31-24/h4-12,22H,3,13-17H2,1-2H3/t22-,25-/m0/s1. The summed E-state index contributed by atoms with van der Waals surface area (Å²) in [4.78, 5) is 22.2. The summed E-state index contributed by atoms with van der Waals surface area (Å²) in [5, 5.41) is 4.06. The topological polar surface area (TPSA) is 62.5 Å². The second-order valence-electron chi connectivity index (χ2n) is 8.89. The van der Waals surface area contributed by atoms with E-state index in [1.165, 1.54) is 11.1 Å². The highest BCUT2D eigenvalue weighted by Gasteiger charge is 2.57. The van der Waals surface area contributed by atoms with Crippen molar-refractivity contribution in [1.82, 2.24) is 19.9 Å². The predicted molar refractivity (Wildman–Crippen MR) is 118 cm³/mol. The smallest absolute Gasteiger partial charge is 0.253 e. The molecule has 3 heterocycles. The SMILES string of the molecule is CCc1ccc(CN2C[C@H]3CN(C(=O)c4ccccc4)C[C@@]3(c3nc(C)no3)C2)cc1. The zero-order valence-corrected chi connectivity index (χ0v) is 18.1. The highest BCUT2D eigenvalue weighted by Crippen LogP contribution is 2.45. The minimum atomic E-state index is -0.310. The molecule has 31 heavy (non-hydrogen) atoms. The molecule has 6 nitrogen and oxygen atoms in total. The molecule has 2 aliphatic rings. The fourth-order valence-electron chi connectivity index (χ4n) is 5.15. The Balaban J connectivity index is 1.39. The molecule has 2 aliphatic heterocycles. The third-order valence-corrected chi connectivity index (χ3v) is 6.78. The van der Waals surface area contributed by atoms with Crippen LogP contribution < -0.4 is 0 Å². The minimum absolute atomic E-state index is 0.0762. The first kappa shape index (κ1) is 19.9. The Morgan fingerprint density at radius 2 is 1.81 bits per heavy atom. The molecule has 1 amide bonds. The van der Waals surface area contributed by atoms with Gasteiger partial charge in [0, 0.05) is 44.2 Å². The molecule has 0 unspecified atom stereocenters. The summed E-state index contributed by atoms with van der Waals surface area (Å²) in [7, 11) is 0. The van der Waals surface area contributed by atoms with Crippen LogP contribution in [0.3, 0.4) is 0 Å². The lowest BCUT2D eigenvalue weighted by molar-refractivity contribution is 0.0766. The first-order valence-electron chi connectivity index (χ1n) is 11.0. The molecule has 1 aromatic heterocycles. The Morgan fingerprint density at radius 3 is 2.48 bits per heavy atom. The largest absolute Gasteiger partial charge is 0.339 e. The van der Waals surface area contributed by atoms with Gasteiger partial charge in [0.2, 0.25) is 5.89 Å². The van der Waals surface area contributed by atoms with Crippen molar-refractivity contribution in [2.45, 2.75) is 32.2 Å². The highest BCUT2D eigenvalue weighted by molar-refractivity contribution is 5.94. The third kappa shape index (κ3) is 3.65. The van der Waals surface area contributed by atoms with Crippen LogP contribution in [-0.2, 0) is 18.4 Å². The highest BCUT2D eigenvalue weighted by atomic mass is 16.5. The normalized spacial score (nSPS) is 23.3. The van der Waals surface area contributed by atoms with E-state index in [-0.39, 0.29) is 17.2 Å². The molecule has 3 aromatic rings. The fourth-order valence-corrected chi connectivity index (χ4v) is 5.15. The van der Waals surface area contributed by atoms with Gasteiger partial charge < -0.3 is 9.42 Å². The Labute approximate surface area is 182 Å². The fraction of sp³-hybridized carbons (Fsp3) is 0.400. The van der Waals surface area contributed by atoms with Crippen molar-refractivity contribution in [3.05, 3.63) is 83.0 Å². The molecule has 2 fully saturated rings. The molecule has 0 saturated carbocycles. The van der Waals surface area contributed by atoms with E-state index in [0.29, 0.717) is 24.8 Å². The van der Waals surface area contributed by atoms with E-state index in [1.807, 2.05) is 42.2 Å². The van der Waals surface area contributed by atoms with Gasteiger partial charge in [-0.25, -0.2) is 0 Å². The molecule has 0 N–H and O–H groups in total. The Bertz CT molecular complexity index is 1060. The van der Waals surface area contributed by atoms with Crippen LogP contribution in [0.15, 0.2) is 59.1 Å². The number of hydrogen-bond acceptors (Lipinski definition) is 5. The molecular weight excluding hydrogens is 388 g/mol. The molecular formula is C25H28N4O2. The Kier molecular flexibility index (Phi) is 5.10. The molecule has 0 bridgehead atoms. The van der Waals surface area contributed by atoms with Crippen molar-refractivity contribution >= 4 is 5.91 Å². The van der Waals surface area contributed by atoms with Gasteiger partial charge in [0.25, 0.3) is 5.91 Å². The minimum Gasteiger partial charge on any atom is -0.339 e. The maximum absolute atomic E-state index is 13.1. The number of aromatic nitrogens is 2. The monoisotopic (exact) mass is 416 g/mol. The summed E-state index contributed by atoms with van der Waals surface area (Å²) in [5.74, 6) is 1.66. The van der Waals surface area contributed by atoms with E-state index in [4.69, 9.17) is 4.52 Å². The summed E-state index contributed by atoms with van der Waals surface area (Å²) in [6.07, 6.45) is 1.05. The Hall–Kier alpha value is -2.99. The first-order chi connectivity index (χ1) is 15.1. The van der Waals surface area contributed by atoms with Gasteiger partial charge in [-0.1, -0.05) is 54.5 Å². The molecule has 0 radical (unpaired) electrons. The molecule has 5 rings (SSSR count). The van der Waals surface area contributed by atoms with Gasteiger partial charge in [-0.15, -0.1) is 0 Å². The maximum Gasteiger partial charge on any atom is 0.253 e. The summed E-state index contributed by atoms with van der Waals surface area (Å²) in [6, 6.07) is 18.4. The summed E-state index contributed by atoms with van der Waals surface area (Å²) in [6.45, 7) is 7.96. The van der Waals surface area contributed by atoms with Crippen molar-refractivity contribution in [2.75, 3.05) is 26.2 Å².